The number of hydrogen-bond donors (Lipinski definition) is 1. The summed E-state index contributed by atoms with van der Waals surface area (Å²) in [5.74, 6) is -0.892. The lowest BCUT2D eigenvalue weighted by atomic mass is 10.0. The fourth-order valence-corrected chi connectivity index (χ4v) is 1.57. The highest BCUT2D eigenvalue weighted by Gasteiger charge is 2.27. The Morgan fingerprint density at radius 2 is 1.88 bits per heavy atom. The van der Waals surface area contributed by atoms with Crippen molar-refractivity contribution >= 4 is 5.97 Å². The Morgan fingerprint density at radius 1 is 1.24 bits per heavy atom. The van der Waals surface area contributed by atoms with Crippen molar-refractivity contribution in [1.82, 2.24) is 0 Å². The van der Waals surface area contributed by atoms with Crippen molar-refractivity contribution in [2.24, 2.45) is 0 Å². The molecule has 2 nitrogen and oxygen atoms in total. The molecule has 0 unspecified atom stereocenters. The molecule has 0 radical (unpaired) electrons. The number of carbonyl (C=O) groups is 1. The van der Waals surface area contributed by atoms with Crippen LogP contribution in [0.1, 0.15) is 24.0 Å². The van der Waals surface area contributed by atoms with Gasteiger partial charge in [0.1, 0.15) is 0 Å². The summed E-state index contributed by atoms with van der Waals surface area (Å²) in [6.45, 7) is 0. The van der Waals surface area contributed by atoms with Gasteiger partial charge in [0.25, 0.3) is 0 Å². The molecular weight excluding hydrogens is 233 g/mol. The van der Waals surface area contributed by atoms with Gasteiger partial charge in [0.05, 0.1) is 6.42 Å². The highest BCUT2D eigenvalue weighted by Crippen LogP contribution is 2.22. The first-order valence-electron chi connectivity index (χ1n) is 5.23. The van der Waals surface area contributed by atoms with Gasteiger partial charge < -0.3 is 5.11 Å². The Kier molecular flexibility index (Phi) is 4.54. The fraction of sp³-hybridized carbons (Fsp3) is 0.417. The molecular formula is C12H13F3O2. The van der Waals surface area contributed by atoms with Crippen molar-refractivity contribution in [1.29, 1.82) is 0 Å². The van der Waals surface area contributed by atoms with E-state index in [1.165, 1.54) is 12.1 Å². The second-order valence-corrected chi connectivity index (χ2v) is 3.86. The Labute approximate surface area is 97.1 Å². The molecule has 0 saturated heterocycles. The first-order valence-corrected chi connectivity index (χ1v) is 5.23. The van der Waals surface area contributed by atoms with Gasteiger partial charge in [-0.15, -0.1) is 0 Å². The van der Waals surface area contributed by atoms with E-state index in [0.29, 0.717) is 12.8 Å². The van der Waals surface area contributed by atoms with Gasteiger partial charge in [-0.05, 0) is 24.0 Å². The van der Waals surface area contributed by atoms with E-state index in [9.17, 15) is 18.0 Å². The number of hydrogen-bond acceptors (Lipinski definition) is 1. The fourth-order valence-electron chi connectivity index (χ4n) is 1.57. The zero-order valence-corrected chi connectivity index (χ0v) is 9.13. The summed E-state index contributed by atoms with van der Waals surface area (Å²) >= 11 is 0. The van der Waals surface area contributed by atoms with E-state index in [0.717, 1.165) is 5.56 Å². The third kappa shape index (κ3) is 5.94. The van der Waals surface area contributed by atoms with Crippen LogP contribution in [0.5, 0.6) is 0 Å². The second kappa shape index (κ2) is 5.70. The molecule has 0 saturated carbocycles. The van der Waals surface area contributed by atoms with E-state index < -0.39 is 18.6 Å². The summed E-state index contributed by atoms with van der Waals surface area (Å²) in [4.78, 5) is 10.3. The molecule has 0 atom stereocenters. The Morgan fingerprint density at radius 3 is 2.47 bits per heavy atom. The number of aryl methyl sites for hydroxylation is 1. The van der Waals surface area contributed by atoms with Crippen molar-refractivity contribution in [2.75, 3.05) is 0 Å². The van der Waals surface area contributed by atoms with Gasteiger partial charge in [-0.25, -0.2) is 0 Å². The molecule has 0 fully saturated rings. The molecule has 1 aromatic rings. The maximum absolute atomic E-state index is 12.2. The molecule has 1 N–H and O–H groups in total. The summed E-state index contributed by atoms with van der Waals surface area (Å²) in [5.41, 5.74) is 0.957. The number of carboxylic acids is 1. The number of benzene rings is 1. The SMILES string of the molecule is O=C(O)CCCc1cccc(CC(F)(F)F)c1. The van der Waals surface area contributed by atoms with Crippen LogP contribution in [0.4, 0.5) is 13.2 Å². The first-order chi connectivity index (χ1) is 7.87. The predicted octanol–water partition coefficient (Wildman–Crippen LogP) is 3.20. The number of rotatable bonds is 5. The van der Waals surface area contributed by atoms with Crippen molar-refractivity contribution in [3.63, 3.8) is 0 Å². The Bertz CT molecular complexity index is 386. The average molecular weight is 246 g/mol. The van der Waals surface area contributed by atoms with E-state index in [1.54, 1.807) is 12.1 Å². The van der Waals surface area contributed by atoms with Gasteiger partial charge in [-0.2, -0.15) is 13.2 Å². The molecule has 0 spiro atoms. The van der Waals surface area contributed by atoms with Gasteiger partial charge in [-0.3, -0.25) is 4.79 Å². The van der Waals surface area contributed by atoms with Crippen molar-refractivity contribution in [3.05, 3.63) is 35.4 Å². The Balaban J connectivity index is 2.57. The standard InChI is InChI=1S/C12H13F3O2/c13-12(14,15)8-10-5-1-3-9(7-10)4-2-6-11(16)17/h1,3,5,7H,2,4,6,8H2,(H,16,17). The number of carboxylic acid groups (broad SMARTS) is 1. The highest BCUT2D eigenvalue weighted by atomic mass is 19.4. The summed E-state index contributed by atoms with van der Waals surface area (Å²) in [6, 6.07) is 6.18. The number of alkyl halides is 3. The molecule has 17 heavy (non-hydrogen) atoms. The van der Waals surface area contributed by atoms with Crippen LogP contribution in [0, 0.1) is 0 Å². The average Bonchev–Trinajstić information content (AvgIpc) is 2.14. The summed E-state index contributed by atoms with van der Waals surface area (Å²) in [7, 11) is 0. The summed E-state index contributed by atoms with van der Waals surface area (Å²) in [6.07, 6.45) is -4.20. The number of aliphatic carboxylic acids is 1. The van der Waals surface area contributed by atoms with E-state index in [-0.39, 0.29) is 12.0 Å². The third-order valence-corrected chi connectivity index (χ3v) is 2.25. The Hall–Kier alpha value is -1.52. The van der Waals surface area contributed by atoms with Crippen LogP contribution in [0.15, 0.2) is 24.3 Å². The highest BCUT2D eigenvalue weighted by molar-refractivity contribution is 5.66. The van der Waals surface area contributed by atoms with Gasteiger partial charge in [0.15, 0.2) is 0 Å². The van der Waals surface area contributed by atoms with Gasteiger partial charge >= 0.3 is 12.1 Å². The molecule has 0 amide bonds. The van der Waals surface area contributed by atoms with E-state index in [4.69, 9.17) is 5.11 Å². The topological polar surface area (TPSA) is 37.3 Å². The van der Waals surface area contributed by atoms with E-state index in [2.05, 4.69) is 0 Å². The zero-order valence-electron chi connectivity index (χ0n) is 9.13. The van der Waals surface area contributed by atoms with Gasteiger partial charge in [0, 0.05) is 6.42 Å². The summed E-state index contributed by atoms with van der Waals surface area (Å²) < 4.78 is 36.5. The van der Waals surface area contributed by atoms with Gasteiger partial charge in [-0.1, -0.05) is 24.3 Å². The minimum absolute atomic E-state index is 0.0312. The third-order valence-electron chi connectivity index (χ3n) is 2.25. The lowest BCUT2D eigenvalue weighted by Gasteiger charge is -2.07. The van der Waals surface area contributed by atoms with E-state index >= 15 is 0 Å². The van der Waals surface area contributed by atoms with Crippen LogP contribution in [-0.2, 0) is 17.6 Å². The maximum atomic E-state index is 12.2. The molecule has 0 aliphatic carbocycles. The normalized spacial score (nSPS) is 11.5. The van der Waals surface area contributed by atoms with Crippen molar-refractivity contribution < 1.29 is 23.1 Å². The molecule has 1 rings (SSSR count). The summed E-state index contributed by atoms with van der Waals surface area (Å²) in [5, 5.41) is 8.45. The molecule has 0 heterocycles. The van der Waals surface area contributed by atoms with Crippen LogP contribution >= 0.6 is 0 Å². The van der Waals surface area contributed by atoms with Crippen LogP contribution in [0.3, 0.4) is 0 Å². The molecule has 0 aromatic heterocycles. The minimum Gasteiger partial charge on any atom is -0.481 e. The van der Waals surface area contributed by atoms with Crippen LogP contribution in [0.2, 0.25) is 0 Å². The molecule has 5 heteroatoms. The largest absolute Gasteiger partial charge is 0.481 e. The monoisotopic (exact) mass is 246 g/mol. The lowest BCUT2D eigenvalue weighted by Crippen LogP contribution is -2.11. The van der Waals surface area contributed by atoms with Crippen LogP contribution < -0.4 is 0 Å². The van der Waals surface area contributed by atoms with Crippen molar-refractivity contribution in [2.45, 2.75) is 31.9 Å². The smallest absolute Gasteiger partial charge is 0.393 e. The lowest BCUT2D eigenvalue weighted by molar-refractivity contribution is -0.137. The number of halogens is 3. The molecule has 0 aliphatic rings. The second-order valence-electron chi connectivity index (χ2n) is 3.86. The predicted molar refractivity (Wildman–Crippen MR) is 56.8 cm³/mol. The van der Waals surface area contributed by atoms with Crippen LogP contribution in [-0.4, -0.2) is 17.3 Å². The maximum Gasteiger partial charge on any atom is 0.393 e. The van der Waals surface area contributed by atoms with Crippen LogP contribution in [0.25, 0.3) is 0 Å². The molecule has 0 bridgehead atoms. The molecule has 94 valence electrons. The zero-order chi connectivity index (χ0) is 12.9. The first kappa shape index (κ1) is 13.5. The molecule has 0 aliphatic heterocycles. The van der Waals surface area contributed by atoms with E-state index in [1.807, 2.05) is 0 Å². The quantitative estimate of drug-likeness (QED) is 0.866. The van der Waals surface area contributed by atoms with Crippen molar-refractivity contribution in [3.8, 4) is 0 Å². The minimum atomic E-state index is -4.21. The molecule has 1 aromatic carbocycles. The van der Waals surface area contributed by atoms with Gasteiger partial charge in [0.2, 0.25) is 0 Å².